The van der Waals surface area contributed by atoms with E-state index in [-0.39, 0.29) is 55.9 Å². The molecule has 2 aromatic rings. The van der Waals surface area contributed by atoms with Gasteiger partial charge in [-0.25, -0.2) is 4.79 Å². The molecule has 15 N–H and O–H groups in total. The van der Waals surface area contributed by atoms with Gasteiger partial charge in [-0.05, 0) is 81.0 Å². The van der Waals surface area contributed by atoms with Gasteiger partial charge in [-0.15, -0.1) is 0 Å². The maximum absolute atomic E-state index is 14.4. The predicted molar refractivity (Wildman–Crippen MR) is 305 cm³/mol. The van der Waals surface area contributed by atoms with Crippen molar-refractivity contribution in [1.29, 1.82) is 0 Å². The van der Waals surface area contributed by atoms with Gasteiger partial charge < -0.3 is 77.8 Å². The summed E-state index contributed by atoms with van der Waals surface area (Å²) in [5.74, 6) is -15.3. The van der Waals surface area contributed by atoms with E-state index < -0.39 is 186 Å². The SMILES string of the molecule is CC[C@H](C)[C@H](NC(=O)[C@H](C)NC(=O)[C@H](CCC(=O)O)NC(=O)[C@H](Cc1ccccc1)NC(=O)[C@@H](N)CC(=O)O)C(=O)N1CCC[C@H]1C(=O)N[C@@H](C)C(=O)N[C@@H](CCC(=O)O)C(=O)N[C@@H](Cc1ccc(OS(=O)(=O)O)cc1)C(=O)N[C@@H](CC(C)C)C(=O)O. The Morgan fingerprint density at radius 1 is 0.586 bits per heavy atom. The molecule has 480 valence electrons. The lowest BCUT2D eigenvalue weighted by molar-refractivity contribution is -0.143. The van der Waals surface area contributed by atoms with Crippen LogP contribution < -0.4 is 52.5 Å². The number of carboxylic acids is 4. The molecule has 31 nitrogen and oxygen atoms in total. The van der Waals surface area contributed by atoms with E-state index in [0.29, 0.717) is 12.0 Å². The van der Waals surface area contributed by atoms with Gasteiger partial charge in [0, 0.05) is 32.2 Å². The molecule has 0 bridgehead atoms. The van der Waals surface area contributed by atoms with Crippen LogP contribution in [0.15, 0.2) is 54.6 Å². The molecule has 0 spiro atoms. The van der Waals surface area contributed by atoms with Gasteiger partial charge >= 0.3 is 34.3 Å². The number of nitrogens with one attached hydrogen (secondary N) is 8. The number of hydrogen-bond donors (Lipinski definition) is 14. The number of rotatable bonds is 36. The molecule has 87 heavy (non-hydrogen) atoms. The van der Waals surface area contributed by atoms with Crippen LogP contribution in [0.2, 0.25) is 0 Å². The summed E-state index contributed by atoms with van der Waals surface area (Å²) in [6, 6.07) is -1.83. The summed E-state index contributed by atoms with van der Waals surface area (Å²) < 4.78 is 35.9. The number of benzene rings is 2. The van der Waals surface area contributed by atoms with Gasteiger partial charge in [-0.3, -0.25) is 62.1 Å². The largest absolute Gasteiger partial charge is 0.481 e. The number of carbonyl (C=O) groups excluding carboxylic acids is 9. The molecule has 0 unspecified atom stereocenters. The van der Waals surface area contributed by atoms with Crippen LogP contribution >= 0.6 is 0 Å². The number of carboxylic acid groups (broad SMARTS) is 4. The second-order valence-corrected chi connectivity index (χ2v) is 22.4. The summed E-state index contributed by atoms with van der Waals surface area (Å²) in [5, 5.41) is 57.5. The number of hydrogen-bond acceptors (Lipinski definition) is 17. The fourth-order valence-corrected chi connectivity index (χ4v) is 9.30. The highest BCUT2D eigenvalue weighted by atomic mass is 32.3. The zero-order chi connectivity index (χ0) is 65.5. The molecule has 2 aromatic carbocycles. The highest BCUT2D eigenvalue weighted by Crippen LogP contribution is 2.23. The lowest BCUT2D eigenvalue weighted by atomic mass is 9.97. The molecule has 9 amide bonds. The van der Waals surface area contributed by atoms with Crippen molar-refractivity contribution >= 4 is 87.4 Å². The van der Waals surface area contributed by atoms with Crippen LogP contribution in [0.3, 0.4) is 0 Å². The summed E-state index contributed by atoms with van der Waals surface area (Å²) >= 11 is 0. The molecule has 1 fully saturated rings. The Morgan fingerprint density at radius 3 is 1.54 bits per heavy atom. The maximum atomic E-state index is 14.4. The molecule has 0 saturated carbocycles. The first kappa shape index (κ1) is 72.5. The minimum Gasteiger partial charge on any atom is -0.481 e. The van der Waals surface area contributed by atoms with E-state index in [1.165, 1.54) is 30.9 Å². The molecular formula is C55H78N10O21S. The lowest BCUT2D eigenvalue weighted by Crippen LogP contribution is -2.60. The van der Waals surface area contributed by atoms with Crippen LogP contribution in [0.25, 0.3) is 0 Å². The van der Waals surface area contributed by atoms with Crippen molar-refractivity contribution in [3.05, 3.63) is 65.7 Å². The number of likely N-dealkylation sites (tertiary alicyclic amines) is 1. The molecule has 0 aliphatic carbocycles. The van der Waals surface area contributed by atoms with Crippen LogP contribution in [-0.2, 0) is 85.6 Å². The van der Waals surface area contributed by atoms with Crippen molar-refractivity contribution in [2.45, 2.75) is 173 Å². The Balaban J connectivity index is 1.79. The third-order valence-electron chi connectivity index (χ3n) is 13.8. The van der Waals surface area contributed by atoms with E-state index in [2.05, 4.69) is 46.7 Å². The van der Waals surface area contributed by atoms with Crippen molar-refractivity contribution < 1.29 is 99.9 Å². The second-order valence-electron chi connectivity index (χ2n) is 21.4. The Hall–Kier alpha value is -8.78. The monoisotopic (exact) mass is 1250 g/mol. The number of aliphatic carboxylic acids is 4. The first-order valence-electron chi connectivity index (χ1n) is 27.9. The topological polar surface area (TPSA) is 492 Å². The number of amides is 9. The second kappa shape index (κ2) is 34.4. The average Bonchev–Trinajstić information content (AvgIpc) is 2.37. The smallest absolute Gasteiger partial charge is 0.446 e. The molecule has 1 aliphatic rings. The minimum atomic E-state index is -4.91. The first-order valence-corrected chi connectivity index (χ1v) is 29.2. The summed E-state index contributed by atoms with van der Waals surface area (Å²) in [4.78, 5) is 172. The van der Waals surface area contributed by atoms with Crippen molar-refractivity contribution in [2.24, 2.45) is 17.6 Å². The third kappa shape index (κ3) is 25.0. The van der Waals surface area contributed by atoms with Crippen molar-refractivity contribution in [2.75, 3.05) is 6.54 Å². The molecule has 32 heteroatoms. The fourth-order valence-electron chi connectivity index (χ4n) is 8.94. The molecule has 1 aliphatic heterocycles. The van der Waals surface area contributed by atoms with Crippen molar-refractivity contribution in [3.63, 3.8) is 0 Å². The average molecular weight is 1250 g/mol. The number of nitrogens with zero attached hydrogens (tertiary/aromatic N) is 1. The summed E-state index contributed by atoms with van der Waals surface area (Å²) in [7, 11) is -4.91. The van der Waals surface area contributed by atoms with Gasteiger partial charge in [0.2, 0.25) is 53.2 Å². The van der Waals surface area contributed by atoms with Gasteiger partial charge in [-0.2, -0.15) is 8.42 Å². The minimum absolute atomic E-state index is 0.00805. The maximum Gasteiger partial charge on any atom is 0.446 e. The van der Waals surface area contributed by atoms with Crippen molar-refractivity contribution in [1.82, 2.24) is 47.4 Å². The molecule has 3 rings (SSSR count). The van der Waals surface area contributed by atoms with Crippen molar-refractivity contribution in [3.8, 4) is 5.75 Å². The summed E-state index contributed by atoms with van der Waals surface area (Å²) in [6.07, 6.45) is -3.09. The number of carbonyl (C=O) groups is 13. The Morgan fingerprint density at radius 2 is 1.05 bits per heavy atom. The van der Waals surface area contributed by atoms with Gasteiger partial charge in [0.1, 0.15) is 60.1 Å². The van der Waals surface area contributed by atoms with Crippen LogP contribution in [0.5, 0.6) is 5.75 Å². The van der Waals surface area contributed by atoms with Crippen LogP contribution in [0.4, 0.5) is 0 Å². The zero-order valence-corrected chi connectivity index (χ0v) is 49.6. The molecular weight excluding hydrogens is 1170 g/mol. The number of nitrogens with two attached hydrogens (primary N) is 1. The van der Waals surface area contributed by atoms with Gasteiger partial charge in [-0.1, -0.05) is 76.6 Å². The van der Waals surface area contributed by atoms with Gasteiger partial charge in [0.05, 0.1) is 12.5 Å². The summed E-state index contributed by atoms with van der Waals surface area (Å²) in [5.41, 5.74) is 6.51. The van der Waals surface area contributed by atoms with Crippen LogP contribution in [0.1, 0.15) is 110 Å². The van der Waals surface area contributed by atoms with E-state index in [1.54, 1.807) is 58.0 Å². The molecule has 0 radical (unpaired) electrons. The van der Waals surface area contributed by atoms with Crippen LogP contribution in [0, 0.1) is 11.8 Å². The van der Waals surface area contributed by atoms with Gasteiger partial charge in [0.25, 0.3) is 0 Å². The normalized spacial score (nSPS) is 16.5. The van der Waals surface area contributed by atoms with E-state index in [4.69, 9.17) is 15.4 Å². The van der Waals surface area contributed by atoms with E-state index >= 15 is 0 Å². The standard InChI is InChI=1S/C55H78N10O21S/c1-7-29(4)45(64-47(73)31(6)57-49(75)36(19-21-42(66)67)60-51(77)38(25-32-12-9-8-10-13-32)61-48(74)35(56)27-44(70)71)54(80)65-23-11-14-41(65)53(79)58-30(5)46(72)59-37(20-22-43(68)69)50(76)62-39(52(78)63-40(55(81)82)24-28(2)3)26-33-15-17-34(18-16-33)86-87(83,84)85/h8-10,12-13,15-18,28-31,35-41,45H,7,11,14,19-27,56H2,1-6H3,(H,57,75)(H,58,79)(H,59,72)(H,60,77)(H,61,74)(H,62,76)(H,63,78)(H,64,73)(H,66,67)(H,68,69)(H,70,71)(H,81,82)(H,83,84,85)/t29-,30-,31-,35-,36-,37-,38-,39-,40-,41-,45-/m0/s1. The Bertz CT molecular complexity index is 2910. The van der Waals surface area contributed by atoms with Gasteiger partial charge in [0.15, 0.2) is 0 Å². The zero-order valence-electron chi connectivity index (χ0n) is 48.8. The Labute approximate surface area is 501 Å². The predicted octanol–water partition coefficient (Wildman–Crippen LogP) is -1.73. The van der Waals surface area contributed by atoms with Crippen LogP contribution in [-0.4, -0.2) is 182 Å². The van der Waals surface area contributed by atoms with E-state index in [0.717, 1.165) is 12.1 Å². The van der Waals surface area contributed by atoms with E-state index in [1.807, 2.05) is 0 Å². The highest BCUT2D eigenvalue weighted by molar-refractivity contribution is 7.81. The molecule has 1 saturated heterocycles. The molecule has 0 aromatic heterocycles. The third-order valence-corrected chi connectivity index (χ3v) is 14.2. The quantitative estimate of drug-likeness (QED) is 0.0337. The highest BCUT2D eigenvalue weighted by Gasteiger charge is 2.41. The van der Waals surface area contributed by atoms with E-state index in [9.17, 15) is 86.1 Å². The summed E-state index contributed by atoms with van der Waals surface area (Å²) in [6.45, 7) is 9.23. The molecule has 11 atom stereocenters. The first-order chi connectivity index (χ1) is 40.7. The molecule has 1 heterocycles. The fraction of sp³-hybridized carbons (Fsp3) is 0.545. The lowest BCUT2D eigenvalue weighted by Gasteiger charge is -2.32. The Kier molecular flexibility index (Phi) is 28.6.